The molecule has 1 aromatic carbocycles. The van der Waals surface area contributed by atoms with Gasteiger partial charge < -0.3 is 5.32 Å². The van der Waals surface area contributed by atoms with Gasteiger partial charge in [-0.2, -0.15) is 5.10 Å². The second-order valence-electron chi connectivity index (χ2n) is 5.82. The Morgan fingerprint density at radius 2 is 1.96 bits per heavy atom. The van der Waals surface area contributed by atoms with Crippen LogP contribution in [0.1, 0.15) is 42.7 Å². The average Bonchev–Trinajstić information content (AvgIpc) is 2.98. The molecule has 0 atom stereocenters. The number of benzene rings is 1. The summed E-state index contributed by atoms with van der Waals surface area (Å²) in [5.74, 6) is -0.134. The highest BCUT2D eigenvalue weighted by Gasteiger charge is 2.10. The summed E-state index contributed by atoms with van der Waals surface area (Å²) >= 11 is 0. The zero-order chi connectivity index (χ0) is 16.4. The molecule has 118 valence electrons. The van der Waals surface area contributed by atoms with E-state index in [9.17, 15) is 4.79 Å². The van der Waals surface area contributed by atoms with Crippen molar-refractivity contribution >= 4 is 22.6 Å². The van der Waals surface area contributed by atoms with Crippen LogP contribution in [0.5, 0.6) is 0 Å². The van der Waals surface area contributed by atoms with E-state index in [4.69, 9.17) is 0 Å². The lowest BCUT2D eigenvalue weighted by molar-refractivity contribution is 0.102. The molecule has 5 nitrogen and oxygen atoms in total. The molecule has 0 saturated carbocycles. The summed E-state index contributed by atoms with van der Waals surface area (Å²) in [5, 5.41) is 8.14. The van der Waals surface area contributed by atoms with Gasteiger partial charge in [-0.15, -0.1) is 0 Å². The highest BCUT2D eigenvalue weighted by atomic mass is 16.1. The van der Waals surface area contributed by atoms with E-state index < -0.39 is 0 Å². The first-order valence-electron chi connectivity index (χ1n) is 7.82. The summed E-state index contributed by atoms with van der Waals surface area (Å²) in [5.41, 5.74) is 3.35. The van der Waals surface area contributed by atoms with Gasteiger partial charge in [0.15, 0.2) is 5.65 Å². The Labute approximate surface area is 135 Å². The number of amides is 1. The van der Waals surface area contributed by atoms with Gasteiger partial charge >= 0.3 is 0 Å². The number of fused-ring (bicyclic) bond motifs is 1. The number of hydrogen-bond acceptors (Lipinski definition) is 3. The fourth-order valence-corrected chi connectivity index (χ4v) is 2.48. The Morgan fingerprint density at radius 1 is 1.22 bits per heavy atom. The Balaban J connectivity index is 1.81. The molecule has 23 heavy (non-hydrogen) atoms. The van der Waals surface area contributed by atoms with Crippen LogP contribution in [0.3, 0.4) is 0 Å². The van der Waals surface area contributed by atoms with Crippen molar-refractivity contribution in [3.63, 3.8) is 0 Å². The number of nitrogens with one attached hydrogen (secondary N) is 1. The Hall–Kier alpha value is -2.69. The highest BCUT2D eigenvalue weighted by molar-refractivity contribution is 6.04. The summed E-state index contributed by atoms with van der Waals surface area (Å²) in [4.78, 5) is 16.7. The molecule has 3 aromatic rings. The Morgan fingerprint density at radius 3 is 2.61 bits per heavy atom. The SMILES string of the molecule is CCc1ccc(C(=O)Nc2cnc3c(cnn3C(C)C)c2)cc1. The van der Waals surface area contributed by atoms with Crippen molar-refractivity contribution in [2.24, 2.45) is 0 Å². The van der Waals surface area contributed by atoms with E-state index in [-0.39, 0.29) is 11.9 Å². The van der Waals surface area contributed by atoms with E-state index in [1.807, 2.05) is 35.0 Å². The summed E-state index contributed by atoms with van der Waals surface area (Å²) in [6.07, 6.45) is 4.40. The van der Waals surface area contributed by atoms with Crippen molar-refractivity contribution in [1.29, 1.82) is 0 Å². The largest absolute Gasteiger partial charge is 0.321 e. The van der Waals surface area contributed by atoms with Crippen molar-refractivity contribution in [2.45, 2.75) is 33.2 Å². The molecule has 2 aromatic heterocycles. The summed E-state index contributed by atoms with van der Waals surface area (Å²) < 4.78 is 1.87. The average molecular weight is 308 g/mol. The first kappa shape index (κ1) is 15.2. The predicted octanol–water partition coefficient (Wildman–Crippen LogP) is 3.83. The number of carbonyl (C=O) groups excluding carboxylic acids is 1. The van der Waals surface area contributed by atoms with Crippen molar-refractivity contribution < 1.29 is 4.79 Å². The minimum Gasteiger partial charge on any atom is -0.321 e. The smallest absolute Gasteiger partial charge is 0.255 e. The predicted molar refractivity (Wildman–Crippen MR) is 91.7 cm³/mol. The second-order valence-corrected chi connectivity index (χ2v) is 5.82. The molecular formula is C18H20N4O. The van der Waals surface area contributed by atoms with E-state index in [1.165, 1.54) is 5.56 Å². The molecule has 0 saturated heterocycles. The third kappa shape index (κ3) is 3.08. The van der Waals surface area contributed by atoms with Crippen LogP contribution in [0.4, 0.5) is 5.69 Å². The van der Waals surface area contributed by atoms with E-state index >= 15 is 0 Å². The number of aromatic nitrogens is 3. The Kier molecular flexibility index (Phi) is 4.10. The fourth-order valence-electron chi connectivity index (χ4n) is 2.48. The molecule has 0 aliphatic rings. The van der Waals surface area contributed by atoms with E-state index in [0.29, 0.717) is 11.3 Å². The molecule has 2 heterocycles. The zero-order valence-electron chi connectivity index (χ0n) is 13.6. The first-order valence-corrected chi connectivity index (χ1v) is 7.82. The van der Waals surface area contributed by atoms with Crippen molar-refractivity contribution in [2.75, 3.05) is 5.32 Å². The maximum absolute atomic E-state index is 12.3. The number of aryl methyl sites for hydroxylation is 1. The van der Waals surface area contributed by atoms with Crippen LogP contribution in [-0.4, -0.2) is 20.7 Å². The van der Waals surface area contributed by atoms with Gasteiger partial charge in [-0.1, -0.05) is 19.1 Å². The molecule has 1 amide bonds. The lowest BCUT2D eigenvalue weighted by Crippen LogP contribution is -2.12. The molecule has 0 radical (unpaired) electrons. The Bertz CT molecular complexity index is 834. The number of nitrogens with zero attached hydrogens (tertiary/aromatic N) is 3. The van der Waals surface area contributed by atoms with Crippen LogP contribution in [0.2, 0.25) is 0 Å². The van der Waals surface area contributed by atoms with Crippen molar-refractivity contribution in [3.05, 3.63) is 53.9 Å². The van der Waals surface area contributed by atoms with Gasteiger partial charge in [0.05, 0.1) is 18.1 Å². The maximum atomic E-state index is 12.3. The van der Waals surface area contributed by atoms with Crippen LogP contribution in [0.15, 0.2) is 42.7 Å². The van der Waals surface area contributed by atoms with Gasteiger partial charge in [-0.3, -0.25) is 4.79 Å². The third-order valence-electron chi connectivity index (χ3n) is 3.80. The molecule has 0 aliphatic heterocycles. The van der Waals surface area contributed by atoms with E-state index in [0.717, 1.165) is 17.5 Å². The van der Waals surface area contributed by atoms with Gasteiger partial charge in [-0.25, -0.2) is 9.67 Å². The normalized spacial score (nSPS) is 11.1. The highest BCUT2D eigenvalue weighted by Crippen LogP contribution is 2.19. The first-order chi connectivity index (χ1) is 11.1. The molecule has 0 unspecified atom stereocenters. The molecule has 0 fully saturated rings. The number of anilines is 1. The third-order valence-corrected chi connectivity index (χ3v) is 3.80. The van der Waals surface area contributed by atoms with Crippen LogP contribution < -0.4 is 5.32 Å². The van der Waals surface area contributed by atoms with Crippen LogP contribution in [0, 0.1) is 0 Å². The van der Waals surface area contributed by atoms with Gasteiger partial charge in [0, 0.05) is 17.0 Å². The lowest BCUT2D eigenvalue weighted by Gasteiger charge is -2.08. The van der Waals surface area contributed by atoms with Gasteiger partial charge in [0.2, 0.25) is 0 Å². The summed E-state index contributed by atoms with van der Waals surface area (Å²) in [6, 6.07) is 9.78. The number of carbonyl (C=O) groups is 1. The van der Waals surface area contributed by atoms with E-state index in [1.54, 1.807) is 12.4 Å². The minimum atomic E-state index is -0.134. The number of rotatable bonds is 4. The van der Waals surface area contributed by atoms with Crippen molar-refractivity contribution in [3.8, 4) is 0 Å². The quantitative estimate of drug-likeness (QED) is 0.797. The molecular weight excluding hydrogens is 288 g/mol. The molecule has 0 spiro atoms. The molecule has 1 N–H and O–H groups in total. The second kappa shape index (κ2) is 6.20. The monoisotopic (exact) mass is 308 g/mol. The summed E-state index contributed by atoms with van der Waals surface area (Å²) in [6.45, 7) is 6.21. The standard InChI is InChI=1S/C18H20N4O/c1-4-13-5-7-14(8-6-13)18(23)21-16-9-15-10-20-22(12(2)3)17(15)19-11-16/h5-12H,4H2,1-3H3,(H,21,23). The zero-order valence-corrected chi connectivity index (χ0v) is 13.6. The molecule has 0 aliphatic carbocycles. The number of pyridine rings is 1. The van der Waals surface area contributed by atoms with Gasteiger partial charge in [0.25, 0.3) is 5.91 Å². The molecule has 5 heteroatoms. The summed E-state index contributed by atoms with van der Waals surface area (Å²) in [7, 11) is 0. The van der Waals surface area contributed by atoms with E-state index in [2.05, 4.69) is 36.2 Å². The fraction of sp³-hybridized carbons (Fsp3) is 0.278. The topological polar surface area (TPSA) is 59.8 Å². The van der Waals surface area contributed by atoms with Crippen LogP contribution >= 0.6 is 0 Å². The van der Waals surface area contributed by atoms with Gasteiger partial charge in [-0.05, 0) is 44.0 Å². The van der Waals surface area contributed by atoms with Crippen LogP contribution in [-0.2, 0) is 6.42 Å². The van der Waals surface area contributed by atoms with Crippen molar-refractivity contribution in [1.82, 2.24) is 14.8 Å². The lowest BCUT2D eigenvalue weighted by atomic mass is 10.1. The minimum absolute atomic E-state index is 0.134. The molecule has 0 bridgehead atoms. The number of hydrogen-bond donors (Lipinski definition) is 1. The molecule has 3 rings (SSSR count). The van der Waals surface area contributed by atoms with Crippen LogP contribution in [0.25, 0.3) is 11.0 Å². The maximum Gasteiger partial charge on any atom is 0.255 e. The van der Waals surface area contributed by atoms with Gasteiger partial charge in [0.1, 0.15) is 0 Å².